The lowest BCUT2D eigenvalue weighted by Crippen LogP contribution is -2.08. The summed E-state index contributed by atoms with van der Waals surface area (Å²) in [5.74, 6) is 0. The van der Waals surface area contributed by atoms with Crippen molar-refractivity contribution in [1.29, 1.82) is 0 Å². The zero-order valence-electron chi connectivity index (χ0n) is 8.73. The van der Waals surface area contributed by atoms with Crippen LogP contribution in [-0.4, -0.2) is 11.2 Å². The van der Waals surface area contributed by atoms with Gasteiger partial charge in [0.1, 0.15) is 0 Å². The van der Waals surface area contributed by atoms with Crippen LogP contribution < -0.4 is 5.32 Å². The van der Waals surface area contributed by atoms with Gasteiger partial charge in [-0.05, 0) is 41.4 Å². The molecule has 82 valence electrons. The smallest absolute Gasteiger partial charge is 0.409 e. The lowest BCUT2D eigenvalue weighted by molar-refractivity contribution is 0.210. The number of benzene rings is 1. The van der Waals surface area contributed by atoms with E-state index < -0.39 is 6.09 Å². The highest BCUT2D eigenvalue weighted by Gasteiger charge is 2.07. The van der Waals surface area contributed by atoms with E-state index in [1.165, 1.54) is 0 Å². The third-order valence-corrected chi connectivity index (χ3v) is 2.93. The van der Waals surface area contributed by atoms with E-state index in [0.29, 0.717) is 5.69 Å². The van der Waals surface area contributed by atoms with Crippen molar-refractivity contribution in [3.63, 3.8) is 0 Å². The van der Waals surface area contributed by atoms with Crippen LogP contribution in [0.15, 0.2) is 35.0 Å². The van der Waals surface area contributed by atoms with Gasteiger partial charge in [-0.1, -0.05) is 11.6 Å². The molecule has 0 unspecified atom stereocenters. The minimum atomic E-state index is -1.04. The summed E-state index contributed by atoms with van der Waals surface area (Å²) in [4.78, 5) is 10.7. The van der Waals surface area contributed by atoms with Crippen LogP contribution in [0.3, 0.4) is 0 Å². The molecule has 0 aliphatic heterocycles. The zero-order valence-corrected chi connectivity index (χ0v) is 9.54. The molecule has 0 fully saturated rings. The Morgan fingerprint density at radius 2 is 2.19 bits per heavy atom. The average molecular weight is 233 g/mol. The fourth-order valence-electron chi connectivity index (χ4n) is 1.54. The van der Waals surface area contributed by atoms with Crippen LogP contribution in [0.2, 0.25) is 0 Å². The summed E-state index contributed by atoms with van der Waals surface area (Å²) in [6, 6.07) is 7.64. The maximum atomic E-state index is 10.7. The summed E-state index contributed by atoms with van der Waals surface area (Å²) < 4.78 is 0. The molecule has 0 saturated heterocycles. The molecule has 2 aromatic rings. The molecule has 0 atom stereocenters. The van der Waals surface area contributed by atoms with Crippen LogP contribution in [0.1, 0.15) is 5.56 Å². The fraction of sp³-hybridized carbons (Fsp3) is 0.0833. The van der Waals surface area contributed by atoms with E-state index in [-0.39, 0.29) is 0 Å². The second kappa shape index (κ2) is 4.37. The minimum absolute atomic E-state index is 0.622. The van der Waals surface area contributed by atoms with E-state index in [9.17, 15) is 4.79 Å². The van der Waals surface area contributed by atoms with Crippen LogP contribution >= 0.6 is 11.3 Å². The maximum absolute atomic E-state index is 10.7. The van der Waals surface area contributed by atoms with Gasteiger partial charge in [-0.15, -0.1) is 0 Å². The molecule has 0 bridgehead atoms. The highest BCUT2D eigenvalue weighted by Crippen LogP contribution is 2.30. The summed E-state index contributed by atoms with van der Waals surface area (Å²) in [5, 5.41) is 15.1. The van der Waals surface area contributed by atoms with Crippen LogP contribution in [0.5, 0.6) is 0 Å². The first-order chi connectivity index (χ1) is 7.66. The molecule has 0 spiro atoms. The molecule has 0 radical (unpaired) electrons. The molecule has 2 N–H and O–H groups in total. The van der Waals surface area contributed by atoms with Crippen molar-refractivity contribution in [1.82, 2.24) is 0 Å². The summed E-state index contributed by atoms with van der Waals surface area (Å²) in [7, 11) is 0. The minimum Gasteiger partial charge on any atom is -0.465 e. The topological polar surface area (TPSA) is 49.3 Å². The van der Waals surface area contributed by atoms with Crippen molar-refractivity contribution >= 4 is 23.1 Å². The third-order valence-electron chi connectivity index (χ3n) is 2.25. The first kappa shape index (κ1) is 10.7. The number of thiophene rings is 1. The number of carboxylic acid groups (broad SMARTS) is 1. The molecule has 4 heteroatoms. The Morgan fingerprint density at radius 1 is 1.38 bits per heavy atom. The Bertz CT molecular complexity index is 506. The number of hydrogen-bond acceptors (Lipinski definition) is 2. The van der Waals surface area contributed by atoms with Gasteiger partial charge >= 0.3 is 6.09 Å². The van der Waals surface area contributed by atoms with Gasteiger partial charge < -0.3 is 5.11 Å². The Balaban J connectivity index is 2.48. The lowest BCUT2D eigenvalue weighted by atomic mass is 10.0. The Kier molecular flexibility index (Phi) is 2.92. The molecule has 1 amide bonds. The molecule has 2 rings (SSSR count). The van der Waals surface area contributed by atoms with Crippen LogP contribution in [0, 0.1) is 6.92 Å². The number of anilines is 1. The molecule has 0 saturated carbocycles. The second-order valence-electron chi connectivity index (χ2n) is 3.49. The van der Waals surface area contributed by atoms with Gasteiger partial charge in [0.25, 0.3) is 0 Å². The number of rotatable bonds is 2. The molecule has 0 aliphatic rings. The predicted molar refractivity (Wildman–Crippen MR) is 66.1 cm³/mol. The quantitative estimate of drug-likeness (QED) is 0.828. The number of hydrogen-bond donors (Lipinski definition) is 2. The van der Waals surface area contributed by atoms with Crippen molar-refractivity contribution in [2.45, 2.75) is 6.92 Å². The van der Waals surface area contributed by atoms with E-state index in [0.717, 1.165) is 16.7 Å². The first-order valence-corrected chi connectivity index (χ1v) is 5.74. The van der Waals surface area contributed by atoms with Gasteiger partial charge in [-0.2, -0.15) is 11.3 Å². The summed E-state index contributed by atoms with van der Waals surface area (Å²) >= 11 is 1.59. The van der Waals surface area contributed by atoms with Crippen molar-refractivity contribution < 1.29 is 9.90 Å². The van der Waals surface area contributed by atoms with Gasteiger partial charge in [0.05, 0.1) is 5.69 Å². The van der Waals surface area contributed by atoms with Gasteiger partial charge in [0.15, 0.2) is 0 Å². The summed E-state index contributed by atoms with van der Waals surface area (Å²) in [6.45, 7) is 1.99. The normalized spacial score (nSPS) is 10.1. The van der Waals surface area contributed by atoms with Gasteiger partial charge in [-0.25, -0.2) is 4.79 Å². The molecule has 3 nitrogen and oxygen atoms in total. The van der Waals surface area contributed by atoms with Gasteiger partial charge in [-0.3, -0.25) is 5.32 Å². The maximum Gasteiger partial charge on any atom is 0.409 e. The molecular weight excluding hydrogens is 222 g/mol. The molecule has 0 aliphatic carbocycles. The molecule has 16 heavy (non-hydrogen) atoms. The Labute approximate surface area is 97.4 Å². The monoisotopic (exact) mass is 233 g/mol. The zero-order chi connectivity index (χ0) is 11.5. The number of nitrogens with one attached hydrogen (secondary N) is 1. The molecule has 1 aromatic carbocycles. The van der Waals surface area contributed by atoms with Gasteiger partial charge in [0, 0.05) is 5.56 Å². The molecule has 1 heterocycles. The first-order valence-electron chi connectivity index (χ1n) is 4.80. The van der Waals surface area contributed by atoms with E-state index in [1.807, 2.05) is 35.9 Å². The highest BCUT2D eigenvalue weighted by molar-refractivity contribution is 7.08. The second-order valence-corrected chi connectivity index (χ2v) is 4.27. The van der Waals surface area contributed by atoms with E-state index in [2.05, 4.69) is 5.32 Å². The van der Waals surface area contributed by atoms with Crippen LogP contribution in [0.25, 0.3) is 11.1 Å². The Morgan fingerprint density at radius 3 is 2.81 bits per heavy atom. The largest absolute Gasteiger partial charge is 0.465 e. The number of aryl methyl sites for hydroxylation is 1. The van der Waals surface area contributed by atoms with Crippen molar-refractivity contribution in [2.24, 2.45) is 0 Å². The number of carbonyl (C=O) groups is 1. The van der Waals surface area contributed by atoms with E-state index in [1.54, 1.807) is 17.4 Å². The predicted octanol–water partition coefficient (Wildman–Crippen LogP) is 3.81. The number of amides is 1. The third kappa shape index (κ3) is 2.23. The SMILES string of the molecule is Cc1ccc(NC(=O)O)c(-c2ccsc2)c1. The van der Waals surface area contributed by atoms with Crippen molar-refractivity contribution in [3.05, 3.63) is 40.6 Å². The van der Waals surface area contributed by atoms with Gasteiger partial charge in [0.2, 0.25) is 0 Å². The summed E-state index contributed by atoms with van der Waals surface area (Å²) in [5.41, 5.74) is 3.69. The molecule has 1 aromatic heterocycles. The van der Waals surface area contributed by atoms with E-state index in [4.69, 9.17) is 5.11 Å². The van der Waals surface area contributed by atoms with Crippen molar-refractivity contribution in [2.75, 3.05) is 5.32 Å². The summed E-state index contributed by atoms with van der Waals surface area (Å²) in [6.07, 6.45) is -1.04. The van der Waals surface area contributed by atoms with Crippen molar-refractivity contribution in [3.8, 4) is 11.1 Å². The highest BCUT2D eigenvalue weighted by atomic mass is 32.1. The molecular formula is C12H11NO2S. The fourth-order valence-corrected chi connectivity index (χ4v) is 2.19. The standard InChI is InChI=1S/C12H11NO2S/c1-8-2-3-11(13-12(14)15)10(6-8)9-4-5-16-7-9/h2-7,13H,1H3,(H,14,15). The van der Waals surface area contributed by atoms with Crippen LogP contribution in [0.4, 0.5) is 10.5 Å². The van der Waals surface area contributed by atoms with E-state index >= 15 is 0 Å². The Hall–Kier alpha value is -1.81. The van der Waals surface area contributed by atoms with Crippen LogP contribution in [-0.2, 0) is 0 Å². The average Bonchev–Trinajstić information content (AvgIpc) is 2.73. The lowest BCUT2D eigenvalue weighted by Gasteiger charge is -2.08.